The molecule has 8 heteroatoms. The van der Waals surface area contributed by atoms with Crippen LogP contribution in [0, 0.1) is 6.92 Å². The number of rotatable bonds is 6. The second kappa shape index (κ2) is 7.31. The van der Waals surface area contributed by atoms with Crippen LogP contribution in [0.15, 0.2) is 18.2 Å². The molecule has 0 aliphatic heterocycles. The molecule has 0 radical (unpaired) electrons. The molecule has 7 nitrogen and oxygen atoms in total. The molecule has 0 spiro atoms. The molecule has 128 valence electrons. The number of ether oxygens (including phenoxy) is 2. The van der Waals surface area contributed by atoms with Gasteiger partial charge in [-0.1, -0.05) is 0 Å². The van der Waals surface area contributed by atoms with Gasteiger partial charge < -0.3 is 19.9 Å². The van der Waals surface area contributed by atoms with Crippen molar-refractivity contribution in [3.8, 4) is 22.1 Å². The van der Waals surface area contributed by atoms with E-state index in [0.717, 1.165) is 5.56 Å². The Kier molecular flexibility index (Phi) is 5.40. The number of aromatic nitrogens is 1. The Balaban J connectivity index is 2.31. The molecule has 1 atom stereocenters. The molecule has 0 saturated carbocycles. The number of amides is 1. The molecule has 0 bridgehead atoms. The van der Waals surface area contributed by atoms with Gasteiger partial charge in [-0.3, -0.25) is 9.59 Å². The van der Waals surface area contributed by atoms with Crippen LogP contribution in [0.4, 0.5) is 0 Å². The summed E-state index contributed by atoms with van der Waals surface area (Å²) in [6, 6.07) is 4.39. The number of carboxylic acids is 1. The van der Waals surface area contributed by atoms with Crippen LogP contribution in [0.3, 0.4) is 0 Å². The van der Waals surface area contributed by atoms with Crippen molar-refractivity contribution in [1.82, 2.24) is 10.3 Å². The molecule has 1 aromatic heterocycles. The lowest BCUT2D eigenvalue weighted by molar-refractivity contribution is -0.138. The van der Waals surface area contributed by atoms with Gasteiger partial charge in [-0.2, -0.15) is 0 Å². The van der Waals surface area contributed by atoms with Gasteiger partial charge in [0.15, 0.2) is 11.5 Å². The molecule has 0 saturated heterocycles. The largest absolute Gasteiger partial charge is 0.493 e. The fourth-order valence-corrected chi connectivity index (χ4v) is 2.99. The zero-order valence-electron chi connectivity index (χ0n) is 13.7. The Hall–Kier alpha value is -2.61. The molecule has 1 amide bonds. The van der Waals surface area contributed by atoms with E-state index in [2.05, 4.69) is 10.3 Å². The number of carbonyl (C=O) groups excluding carboxylic acids is 1. The smallest absolute Gasteiger partial charge is 0.325 e. The van der Waals surface area contributed by atoms with E-state index in [0.29, 0.717) is 27.1 Å². The van der Waals surface area contributed by atoms with Crippen molar-refractivity contribution in [2.24, 2.45) is 0 Å². The molecule has 0 unspecified atom stereocenters. The number of benzene rings is 1. The van der Waals surface area contributed by atoms with Gasteiger partial charge in [-0.15, -0.1) is 11.3 Å². The summed E-state index contributed by atoms with van der Waals surface area (Å²) in [5.41, 5.74) is 1.32. The number of hydrogen-bond acceptors (Lipinski definition) is 6. The number of carbonyl (C=O) groups is 2. The Bertz CT molecular complexity index is 772. The maximum atomic E-state index is 12.2. The number of aryl methyl sites for hydroxylation is 1. The van der Waals surface area contributed by atoms with Crippen LogP contribution >= 0.6 is 11.3 Å². The van der Waals surface area contributed by atoms with Gasteiger partial charge in [0.25, 0.3) is 5.91 Å². The van der Waals surface area contributed by atoms with E-state index < -0.39 is 17.9 Å². The number of thiazole rings is 1. The van der Waals surface area contributed by atoms with Crippen LogP contribution in [0.1, 0.15) is 22.3 Å². The zero-order chi connectivity index (χ0) is 17.9. The molecular weight excluding hydrogens is 332 g/mol. The lowest BCUT2D eigenvalue weighted by Crippen LogP contribution is -2.38. The highest BCUT2D eigenvalue weighted by molar-refractivity contribution is 7.17. The van der Waals surface area contributed by atoms with Crippen molar-refractivity contribution < 1.29 is 24.2 Å². The van der Waals surface area contributed by atoms with E-state index in [1.165, 1.54) is 18.3 Å². The highest BCUT2D eigenvalue weighted by Crippen LogP contribution is 2.34. The zero-order valence-corrected chi connectivity index (χ0v) is 14.6. The highest BCUT2D eigenvalue weighted by atomic mass is 32.1. The topological polar surface area (TPSA) is 97.8 Å². The third kappa shape index (κ3) is 3.65. The third-order valence-corrected chi connectivity index (χ3v) is 4.56. The number of nitrogens with zero attached hydrogens (tertiary/aromatic N) is 1. The monoisotopic (exact) mass is 350 g/mol. The summed E-state index contributed by atoms with van der Waals surface area (Å²) in [6.07, 6.45) is 0. The summed E-state index contributed by atoms with van der Waals surface area (Å²) < 4.78 is 10.5. The summed E-state index contributed by atoms with van der Waals surface area (Å²) in [5.74, 6) is -0.381. The second-order valence-corrected chi connectivity index (χ2v) is 6.04. The van der Waals surface area contributed by atoms with Gasteiger partial charge in [-0.05, 0) is 32.0 Å². The third-order valence-electron chi connectivity index (χ3n) is 3.35. The van der Waals surface area contributed by atoms with Crippen LogP contribution in [-0.4, -0.2) is 42.2 Å². The molecule has 24 heavy (non-hydrogen) atoms. The number of methoxy groups -OCH3 is 2. The van der Waals surface area contributed by atoms with Gasteiger partial charge in [-0.25, -0.2) is 4.98 Å². The highest BCUT2D eigenvalue weighted by Gasteiger charge is 2.21. The van der Waals surface area contributed by atoms with Crippen LogP contribution in [-0.2, 0) is 4.79 Å². The minimum atomic E-state index is -1.09. The van der Waals surface area contributed by atoms with Crippen molar-refractivity contribution in [1.29, 1.82) is 0 Å². The van der Waals surface area contributed by atoms with Crippen LogP contribution in [0.5, 0.6) is 11.5 Å². The summed E-state index contributed by atoms with van der Waals surface area (Å²) in [7, 11) is 3.10. The van der Waals surface area contributed by atoms with E-state index in [4.69, 9.17) is 14.6 Å². The molecule has 1 aromatic carbocycles. The van der Waals surface area contributed by atoms with Gasteiger partial charge in [0.2, 0.25) is 0 Å². The van der Waals surface area contributed by atoms with Crippen LogP contribution in [0.2, 0.25) is 0 Å². The molecule has 0 aliphatic rings. The summed E-state index contributed by atoms with van der Waals surface area (Å²) in [6.45, 7) is 3.12. The van der Waals surface area contributed by atoms with E-state index in [9.17, 15) is 9.59 Å². The Morgan fingerprint density at radius 2 is 1.92 bits per heavy atom. The lowest BCUT2D eigenvalue weighted by atomic mass is 10.2. The molecule has 0 fully saturated rings. The number of carboxylic acid groups (broad SMARTS) is 1. The quantitative estimate of drug-likeness (QED) is 0.830. The normalized spacial score (nSPS) is 11.7. The van der Waals surface area contributed by atoms with E-state index in [1.807, 2.05) is 6.07 Å². The van der Waals surface area contributed by atoms with E-state index >= 15 is 0 Å². The minimum Gasteiger partial charge on any atom is -0.493 e. The van der Waals surface area contributed by atoms with Crippen molar-refractivity contribution in [2.75, 3.05) is 14.2 Å². The first-order chi connectivity index (χ1) is 11.4. The first-order valence-electron chi connectivity index (χ1n) is 7.10. The average Bonchev–Trinajstić information content (AvgIpc) is 2.95. The predicted octanol–water partition coefficient (Wildman–Crippen LogP) is 2.34. The summed E-state index contributed by atoms with van der Waals surface area (Å²) >= 11 is 1.19. The van der Waals surface area contributed by atoms with E-state index in [1.54, 1.807) is 33.3 Å². The van der Waals surface area contributed by atoms with Gasteiger partial charge >= 0.3 is 5.97 Å². The fraction of sp³-hybridized carbons (Fsp3) is 0.312. The molecular formula is C16H18N2O5S. The Morgan fingerprint density at radius 3 is 2.50 bits per heavy atom. The summed E-state index contributed by atoms with van der Waals surface area (Å²) in [5, 5.41) is 12.0. The number of aliphatic carboxylic acids is 1. The van der Waals surface area contributed by atoms with E-state index in [-0.39, 0.29) is 0 Å². The standard InChI is InChI=1S/C16H18N2O5S/c1-8-13(14(19)17-9(2)16(20)21)24-15(18-8)10-5-6-11(22-3)12(7-10)23-4/h5-7,9H,1-4H3,(H,17,19)(H,20,21)/t9-/m1/s1. The van der Waals surface area contributed by atoms with Crippen LogP contribution in [0.25, 0.3) is 10.6 Å². The SMILES string of the molecule is COc1ccc(-c2nc(C)c(C(=O)N[C@H](C)C(=O)O)s2)cc1OC. The first-order valence-corrected chi connectivity index (χ1v) is 7.92. The number of nitrogens with one attached hydrogen (secondary N) is 1. The Labute approximate surface area is 143 Å². The second-order valence-electron chi connectivity index (χ2n) is 5.04. The van der Waals surface area contributed by atoms with Crippen molar-refractivity contribution in [3.05, 3.63) is 28.8 Å². The van der Waals surface area contributed by atoms with Gasteiger partial charge in [0.05, 0.1) is 19.9 Å². The van der Waals surface area contributed by atoms with Gasteiger partial charge in [0.1, 0.15) is 15.9 Å². The van der Waals surface area contributed by atoms with Crippen LogP contribution < -0.4 is 14.8 Å². The molecule has 1 heterocycles. The minimum absolute atomic E-state index is 0.382. The molecule has 0 aliphatic carbocycles. The summed E-state index contributed by atoms with van der Waals surface area (Å²) in [4.78, 5) is 27.8. The number of hydrogen-bond donors (Lipinski definition) is 2. The molecule has 2 rings (SSSR count). The maximum absolute atomic E-state index is 12.2. The lowest BCUT2D eigenvalue weighted by Gasteiger charge is -2.08. The fourth-order valence-electron chi connectivity index (χ4n) is 2.02. The molecule has 2 N–H and O–H groups in total. The van der Waals surface area contributed by atoms with Gasteiger partial charge in [0, 0.05) is 5.56 Å². The van der Waals surface area contributed by atoms with Crippen molar-refractivity contribution >= 4 is 23.2 Å². The van der Waals surface area contributed by atoms with Crippen molar-refractivity contribution in [3.63, 3.8) is 0 Å². The average molecular weight is 350 g/mol. The first kappa shape index (κ1) is 17.7. The Morgan fingerprint density at radius 1 is 1.25 bits per heavy atom. The predicted molar refractivity (Wildman–Crippen MR) is 90.0 cm³/mol. The molecule has 2 aromatic rings. The maximum Gasteiger partial charge on any atom is 0.325 e. The van der Waals surface area contributed by atoms with Crippen molar-refractivity contribution in [2.45, 2.75) is 19.9 Å².